The second-order valence-electron chi connectivity index (χ2n) is 31.8. The molecule has 19 atom stereocenters. The molecule has 0 spiro atoms. The van der Waals surface area contributed by atoms with Crippen LogP contribution in [0.3, 0.4) is 0 Å². The molecule has 1 saturated heterocycles. The van der Waals surface area contributed by atoms with Crippen molar-refractivity contribution < 1.29 is 28.8 Å². The standard InChI is InChI=1S/C26H39NO2.C23H33NO2.C22H33NO2/c1-25-12-11-22-20(21(25)9-10-24(25)29)8-7-19-13-23(28)18(14-26(19,22)2)16-27-15-17-5-3-4-6-17;1-22-10-9-18-15(17(22)7-8-21(22)26)6-5-14-12-20(25)16(13-23(14,18)2)19-4-3-11-24-19;1-21-10-9-18-16(17(21)7-8-20(21)25)6-5-15-11-19(24)14(13-23(3)4)12-22(15,18)2/h7,17-18,20-22,27H,3-6,8-16H2,1-2H3;5,15-19,24H,3-4,6-13H2,1-2H3;5,14,16-18H,6-13H2,1-4H3. The zero-order chi connectivity index (χ0) is 56.3. The maximum absolute atomic E-state index is 12.9. The Morgan fingerprint density at radius 1 is 0.475 bits per heavy atom. The summed E-state index contributed by atoms with van der Waals surface area (Å²) in [5.74, 6) is 9.97. The second kappa shape index (κ2) is 21.6. The SMILES string of the molecule is CC12CCC3C(CC=C4CC(=O)C(C5CCCN5)CC43C)C1CCC2=O.CC12CCC3C(CC=C4CC(=O)C(CNCC5CCCC5)CC43C)C1CCC2=O.CN(C)CC1CC2(C)C(=CCC3C4CCC(=O)C4(C)CCC32)CC1=O. The molecule has 1 aliphatic heterocycles. The van der Waals surface area contributed by atoms with Crippen molar-refractivity contribution in [1.29, 1.82) is 0 Å². The molecule has 10 saturated carbocycles. The fourth-order valence-electron chi connectivity index (χ4n) is 23.1. The molecule has 0 amide bonds. The first-order valence-corrected chi connectivity index (χ1v) is 33.5. The lowest BCUT2D eigenvalue weighted by atomic mass is 9.47. The van der Waals surface area contributed by atoms with E-state index in [4.69, 9.17) is 0 Å². The predicted molar refractivity (Wildman–Crippen MR) is 316 cm³/mol. The molecule has 9 heteroatoms. The Bertz CT molecular complexity index is 2580. The van der Waals surface area contributed by atoms with Crippen LogP contribution in [0.1, 0.15) is 215 Å². The zero-order valence-corrected chi connectivity index (χ0v) is 51.1. The number of Topliss-reactive ketones (excluding diaryl/α,β-unsaturated/α-hetero) is 6. The molecule has 11 fully saturated rings. The Morgan fingerprint density at radius 2 is 0.887 bits per heavy atom. The molecule has 0 radical (unpaired) electrons. The van der Waals surface area contributed by atoms with Crippen LogP contribution in [-0.2, 0) is 28.8 Å². The molecule has 2 N–H and O–H groups in total. The smallest absolute Gasteiger partial charge is 0.141 e. The van der Waals surface area contributed by atoms with Gasteiger partial charge < -0.3 is 15.5 Å². The molecule has 0 aromatic rings. The topological polar surface area (TPSA) is 130 Å². The zero-order valence-electron chi connectivity index (χ0n) is 51.1. The number of allylic oxidation sites excluding steroid dienone is 6. The van der Waals surface area contributed by atoms with Gasteiger partial charge in [-0.3, -0.25) is 28.8 Å². The molecule has 19 unspecified atom stereocenters. The molecule has 14 aliphatic rings. The van der Waals surface area contributed by atoms with Gasteiger partial charge in [0.1, 0.15) is 34.7 Å². The molecule has 0 aromatic carbocycles. The first kappa shape index (κ1) is 57.5. The van der Waals surface area contributed by atoms with E-state index >= 15 is 0 Å². The Morgan fingerprint density at radius 3 is 1.32 bits per heavy atom. The number of ketones is 6. The van der Waals surface area contributed by atoms with E-state index in [0.717, 1.165) is 135 Å². The Balaban J connectivity index is 0.000000120. The van der Waals surface area contributed by atoms with Gasteiger partial charge >= 0.3 is 0 Å². The minimum Gasteiger partial charge on any atom is -0.316 e. The number of nitrogens with zero attached hydrogens (tertiary/aromatic N) is 1. The van der Waals surface area contributed by atoms with Crippen molar-refractivity contribution in [1.82, 2.24) is 15.5 Å². The fourth-order valence-corrected chi connectivity index (χ4v) is 23.1. The van der Waals surface area contributed by atoms with Crippen molar-refractivity contribution in [2.24, 2.45) is 109 Å². The van der Waals surface area contributed by atoms with Crippen LogP contribution in [-0.4, -0.2) is 85.9 Å². The summed E-state index contributed by atoms with van der Waals surface area (Å²) in [6.07, 6.45) is 35.9. The maximum atomic E-state index is 12.9. The molecular weight excluding hydrogens is 991 g/mol. The summed E-state index contributed by atoms with van der Waals surface area (Å²) in [5.41, 5.74) is 4.63. The molecular formula is C71H105N3O6. The molecule has 80 heavy (non-hydrogen) atoms. The second-order valence-corrected chi connectivity index (χ2v) is 31.8. The highest BCUT2D eigenvalue weighted by atomic mass is 16.1. The minimum absolute atomic E-state index is 0.0558. The van der Waals surface area contributed by atoms with Crippen molar-refractivity contribution >= 4 is 34.7 Å². The minimum atomic E-state index is -0.0599. The van der Waals surface area contributed by atoms with Gasteiger partial charge in [-0.05, 0) is 225 Å². The lowest BCUT2D eigenvalue weighted by Crippen LogP contribution is -2.53. The van der Waals surface area contributed by atoms with Gasteiger partial charge in [-0.15, -0.1) is 0 Å². The first-order chi connectivity index (χ1) is 38.1. The van der Waals surface area contributed by atoms with Gasteiger partial charge in [0, 0.05) is 91.7 Å². The third-order valence-electron chi connectivity index (χ3n) is 27.9. The van der Waals surface area contributed by atoms with Crippen LogP contribution in [0, 0.1) is 109 Å². The largest absolute Gasteiger partial charge is 0.316 e. The van der Waals surface area contributed by atoms with Gasteiger partial charge in [-0.25, -0.2) is 0 Å². The van der Waals surface area contributed by atoms with E-state index in [0.29, 0.717) is 113 Å². The number of carbonyl (C=O) groups is 6. The Labute approximate surface area is 482 Å². The van der Waals surface area contributed by atoms with E-state index in [1.54, 1.807) is 0 Å². The fraction of sp³-hybridized carbons (Fsp3) is 0.831. The van der Waals surface area contributed by atoms with Gasteiger partial charge in [0.15, 0.2) is 0 Å². The highest BCUT2D eigenvalue weighted by molar-refractivity contribution is 5.90. The van der Waals surface area contributed by atoms with E-state index in [2.05, 4.69) is 89.4 Å². The monoisotopic (exact) mass is 1100 g/mol. The number of fused-ring (bicyclic) bond motifs is 15. The van der Waals surface area contributed by atoms with Crippen LogP contribution >= 0.6 is 0 Å². The van der Waals surface area contributed by atoms with E-state index < -0.39 is 0 Å². The van der Waals surface area contributed by atoms with E-state index in [9.17, 15) is 28.8 Å². The Hall–Kier alpha value is -2.88. The highest BCUT2D eigenvalue weighted by Gasteiger charge is 2.63. The van der Waals surface area contributed by atoms with Crippen molar-refractivity contribution in [2.75, 3.05) is 40.3 Å². The highest BCUT2D eigenvalue weighted by Crippen LogP contribution is 2.68. The summed E-state index contributed by atoms with van der Waals surface area (Å²) in [5, 5.41) is 7.28. The van der Waals surface area contributed by atoms with Gasteiger partial charge in [0.2, 0.25) is 0 Å². The number of rotatable bonds is 7. The van der Waals surface area contributed by atoms with Crippen LogP contribution in [0.15, 0.2) is 34.9 Å². The van der Waals surface area contributed by atoms with E-state index in [1.807, 2.05) is 0 Å². The third kappa shape index (κ3) is 9.53. The van der Waals surface area contributed by atoms with Gasteiger partial charge in [-0.1, -0.05) is 89.3 Å². The average molecular weight is 1100 g/mol. The normalized spacial score (nSPS) is 47.4. The number of hydrogen-bond acceptors (Lipinski definition) is 9. The number of hydrogen-bond donors (Lipinski definition) is 2. The molecule has 0 bridgehead atoms. The molecule has 9 nitrogen and oxygen atoms in total. The summed E-state index contributed by atoms with van der Waals surface area (Å²) in [6.45, 7) is 18.0. The van der Waals surface area contributed by atoms with E-state index in [1.165, 1.54) is 68.1 Å². The molecule has 13 aliphatic carbocycles. The van der Waals surface area contributed by atoms with Gasteiger partial charge in [-0.2, -0.15) is 0 Å². The number of nitrogens with one attached hydrogen (secondary N) is 2. The molecule has 0 aromatic heterocycles. The molecule has 1 heterocycles. The quantitative estimate of drug-likeness (QED) is 0.239. The maximum Gasteiger partial charge on any atom is 0.141 e. The summed E-state index contributed by atoms with van der Waals surface area (Å²) >= 11 is 0. The van der Waals surface area contributed by atoms with Gasteiger partial charge in [0.25, 0.3) is 0 Å². The van der Waals surface area contributed by atoms with Crippen LogP contribution in [0.4, 0.5) is 0 Å². The van der Waals surface area contributed by atoms with Crippen molar-refractivity contribution in [2.45, 2.75) is 221 Å². The van der Waals surface area contributed by atoms with Crippen LogP contribution in [0.2, 0.25) is 0 Å². The molecule has 440 valence electrons. The predicted octanol–water partition coefficient (Wildman–Crippen LogP) is 13.0. The summed E-state index contributed by atoms with van der Waals surface area (Å²) in [6, 6.07) is 0.406. The molecule has 14 rings (SSSR count). The third-order valence-corrected chi connectivity index (χ3v) is 27.9. The van der Waals surface area contributed by atoms with E-state index in [-0.39, 0.29) is 50.2 Å². The first-order valence-electron chi connectivity index (χ1n) is 33.5. The lowest BCUT2D eigenvalue weighted by molar-refractivity contribution is -0.134. The summed E-state index contributed by atoms with van der Waals surface area (Å²) in [7, 11) is 4.14. The number of carbonyl (C=O) groups excluding carboxylic acids is 6. The van der Waals surface area contributed by atoms with Crippen LogP contribution in [0.25, 0.3) is 0 Å². The Kier molecular flexibility index (Phi) is 15.5. The van der Waals surface area contributed by atoms with Crippen LogP contribution in [0.5, 0.6) is 0 Å². The lowest BCUT2D eigenvalue weighted by Gasteiger charge is -2.57. The van der Waals surface area contributed by atoms with Crippen molar-refractivity contribution in [3.05, 3.63) is 34.9 Å². The van der Waals surface area contributed by atoms with Crippen molar-refractivity contribution in [3.63, 3.8) is 0 Å². The van der Waals surface area contributed by atoms with Crippen LogP contribution < -0.4 is 10.6 Å². The van der Waals surface area contributed by atoms with Gasteiger partial charge in [0.05, 0.1) is 0 Å². The average Bonchev–Trinajstić information content (AvgIpc) is 4.36. The van der Waals surface area contributed by atoms with Crippen molar-refractivity contribution in [3.8, 4) is 0 Å². The summed E-state index contributed by atoms with van der Waals surface area (Å²) in [4.78, 5) is 78.3. The summed E-state index contributed by atoms with van der Waals surface area (Å²) < 4.78 is 0.